The summed E-state index contributed by atoms with van der Waals surface area (Å²) in [5.41, 5.74) is 4.03. The summed E-state index contributed by atoms with van der Waals surface area (Å²) in [4.78, 5) is 17.4. The average molecular weight is 365 g/mol. The number of hydrogen-bond donors (Lipinski definition) is 2. The van der Waals surface area contributed by atoms with E-state index >= 15 is 0 Å². The Balaban J connectivity index is 1.75. The van der Waals surface area contributed by atoms with Crippen molar-refractivity contribution in [1.29, 1.82) is 0 Å². The Morgan fingerprint density at radius 2 is 1.85 bits per heavy atom. The minimum absolute atomic E-state index is 0.106. The number of para-hydroxylation sites is 1. The zero-order valence-corrected chi connectivity index (χ0v) is 16.6. The molecule has 6 heteroatoms. The van der Waals surface area contributed by atoms with Crippen molar-refractivity contribution >= 4 is 22.6 Å². The molecule has 0 radical (unpaired) electrons. The molecule has 0 aliphatic carbocycles. The van der Waals surface area contributed by atoms with Crippen molar-refractivity contribution in [1.82, 2.24) is 20.1 Å². The zero-order valence-electron chi connectivity index (χ0n) is 16.6. The van der Waals surface area contributed by atoms with E-state index in [4.69, 9.17) is 0 Å². The number of amides is 1. The van der Waals surface area contributed by atoms with E-state index in [0.29, 0.717) is 23.7 Å². The van der Waals surface area contributed by atoms with Crippen molar-refractivity contribution in [2.24, 2.45) is 13.0 Å². The van der Waals surface area contributed by atoms with Crippen LogP contribution in [-0.2, 0) is 7.05 Å². The highest BCUT2D eigenvalue weighted by atomic mass is 16.1. The Hall–Kier alpha value is -2.89. The molecule has 3 aromatic rings. The first-order valence-electron chi connectivity index (χ1n) is 9.27. The van der Waals surface area contributed by atoms with E-state index in [1.807, 2.05) is 57.3 Å². The van der Waals surface area contributed by atoms with E-state index in [2.05, 4.69) is 34.6 Å². The molecule has 1 aromatic carbocycles. The lowest BCUT2D eigenvalue weighted by Crippen LogP contribution is -2.39. The van der Waals surface area contributed by atoms with E-state index in [0.717, 1.165) is 22.4 Å². The third-order valence-corrected chi connectivity index (χ3v) is 4.85. The van der Waals surface area contributed by atoms with Crippen LogP contribution in [0.2, 0.25) is 0 Å². The summed E-state index contributed by atoms with van der Waals surface area (Å²) >= 11 is 0. The summed E-state index contributed by atoms with van der Waals surface area (Å²) < 4.78 is 1.75. The maximum absolute atomic E-state index is 12.8. The number of pyridine rings is 1. The largest absolute Gasteiger partial charge is 0.380 e. The van der Waals surface area contributed by atoms with E-state index in [-0.39, 0.29) is 11.9 Å². The van der Waals surface area contributed by atoms with Gasteiger partial charge in [0.2, 0.25) is 0 Å². The minimum atomic E-state index is -0.106. The Bertz CT molecular complexity index is 946. The van der Waals surface area contributed by atoms with Crippen LogP contribution in [0.5, 0.6) is 0 Å². The number of carbonyl (C=O) groups is 1. The van der Waals surface area contributed by atoms with Gasteiger partial charge in [-0.3, -0.25) is 9.48 Å². The minimum Gasteiger partial charge on any atom is -0.380 e. The smallest absolute Gasteiger partial charge is 0.253 e. The summed E-state index contributed by atoms with van der Waals surface area (Å²) in [6, 6.07) is 12.1. The molecule has 0 fully saturated rings. The molecule has 0 saturated heterocycles. The lowest BCUT2D eigenvalue weighted by Gasteiger charge is -2.24. The number of aryl methyl sites for hydroxylation is 3. The number of nitrogens with zero attached hydrogens (tertiary/aromatic N) is 3. The van der Waals surface area contributed by atoms with Gasteiger partial charge in [-0.1, -0.05) is 32.0 Å². The average Bonchev–Trinajstić information content (AvgIpc) is 2.91. The number of carbonyl (C=O) groups excluding carboxylic acids is 1. The van der Waals surface area contributed by atoms with E-state index < -0.39 is 0 Å². The van der Waals surface area contributed by atoms with Crippen LogP contribution in [0.1, 0.15) is 35.6 Å². The fourth-order valence-electron chi connectivity index (χ4n) is 3.16. The summed E-state index contributed by atoms with van der Waals surface area (Å²) in [7, 11) is 1.87. The van der Waals surface area contributed by atoms with Gasteiger partial charge in [-0.15, -0.1) is 0 Å². The molecule has 0 bridgehead atoms. The highest BCUT2D eigenvalue weighted by molar-refractivity contribution is 5.98. The van der Waals surface area contributed by atoms with Crippen LogP contribution in [-0.4, -0.2) is 33.3 Å². The predicted molar refractivity (Wildman–Crippen MR) is 109 cm³/mol. The second-order valence-corrected chi connectivity index (χ2v) is 7.27. The zero-order chi connectivity index (χ0) is 19.6. The highest BCUT2D eigenvalue weighted by Crippen LogP contribution is 2.19. The van der Waals surface area contributed by atoms with Crippen molar-refractivity contribution in [2.75, 3.05) is 11.9 Å². The van der Waals surface area contributed by atoms with Gasteiger partial charge < -0.3 is 10.6 Å². The Kier molecular flexibility index (Phi) is 5.44. The van der Waals surface area contributed by atoms with Gasteiger partial charge in [0.25, 0.3) is 5.91 Å². The Morgan fingerprint density at radius 3 is 2.52 bits per heavy atom. The van der Waals surface area contributed by atoms with Gasteiger partial charge in [-0.2, -0.15) is 5.10 Å². The fraction of sp³-hybridized carbons (Fsp3) is 0.381. The number of benzene rings is 1. The first-order valence-corrected chi connectivity index (χ1v) is 9.27. The summed E-state index contributed by atoms with van der Waals surface area (Å²) in [6.07, 6.45) is 0. The van der Waals surface area contributed by atoms with Gasteiger partial charge in [-0.05, 0) is 38.0 Å². The van der Waals surface area contributed by atoms with Gasteiger partial charge in [0.15, 0.2) is 5.65 Å². The van der Waals surface area contributed by atoms with Crippen molar-refractivity contribution in [3.63, 3.8) is 0 Å². The quantitative estimate of drug-likeness (QED) is 0.702. The molecule has 142 valence electrons. The van der Waals surface area contributed by atoms with Crippen molar-refractivity contribution < 1.29 is 4.79 Å². The number of anilines is 1. The first-order chi connectivity index (χ1) is 12.9. The number of hydrogen-bond acceptors (Lipinski definition) is 4. The van der Waals surface area contributed by atoms with Gasteiger partial charge in [0.05, 0.1) is 17.0 Å². The van der Waals surface area contributed by atoms with Crippen LogP contribution in [0.25, 0.3) is 11.0 Å². The van der Waals surface area contributed by atoms with Crippen molar-refractivity contribution in [2.45, 2.75) is 33.7 Å². The van der Waals surface area contributed by atoms with Crippen molar-refractivity contribution in [3.8, 4) is 0 Å². The number of aromatic nitrogens is 3. The van der Waals surface area contributed by atoms with Gasteiger partial charge >= 0.3 is 0 Å². The molecule has 0 aliphatic rings. The second kappa shape index (κ2) is 7.78. The molecule has 3 rings (SSSR count). The Labute approximate surface area is 160 Å². The number of nitrogens with one attached hydrogen (secondary N) is 2. The molecule has 0 saturated carbocycles. The van der Waals surface area contributed by atoms with Crippen LogP contribution in [0.3, 0.4) is 0 Å². The molecule has 2 aromatic heterocycles. The monoisotopic (exact) mass is 365 g/mol. The standard InChI is InChI=1S/C21H27N5O/c1-13(2)19(24-16-9-7-6-8-10-16)12-22-21(27)18-11-17-15(4)25-26(5)20(17)23-14(18)3/h6-11,13,19,24H,12H2,1-5H3,(H,22,27)/t19-/m0/s1. The van der Waals surface area contributed by atoms with Crippen LogP contribution < -0.4 is 10.6 Å². The molecule has 1 atom stereocenters. The number of rotatable bonds is 6. The molecule has 2 heterocycles. The van der Waals surface area contributed by atoms with Crippen LogP contribution in [0.15, 0.2) is 36.4 Å². The van der Waals surface area contributed by atoms with Gasteiger partial charge in [0.1, 0.15) is 0 Å². The molecule has 2 N–H and O–H groups in total. The summed E-state index contributed by atoms with van der Waals surface area (Å²) in [5.74, 6) is 0.262. The predicted octanol–water partition coefficient (Wildman–Crippen LogP) is 3.45. The van der Waals surface area contributed by atoms with E-state index in [1.54, 1.807) is 4.68 Å². The van der Waals surface area contributed by atoms with E-state index in [9.17, 15) is 4.79 Å². The normalized spacial score (nSPS) is 12.4. The summed E-state index contributed by atoms with van der Waals surface area (Å²) in [5, 5.41) is 11.9. The highest BCUT2D eigenvalue weighted by Gasteiger charge is 2.18. The van der Waals surface area contributed by atoms with Gasteiger partial charge in [-0.25, -0.2) is 4.98 Å². The topological polar surface area (TPSA) is 71.8 Å². The van der Waals surface area contributed by atoms with Crippen molar-refractivity contribution in [3.05, 3.63) is 53.3 Å². The molecule has 0 spiro atoms. The third-order valence-electron chi connectivity index (χ3n) is 4.85. The van der Waals surface area contributed by atoms with Gasteiger partial charge in [0, 0.05) is 30.7 Å². The summed E-state index contributed by atoms with van der Waals surface area (Å²) in [6.45, 7) is 8.61. The molecule has 1 amide bonds. The van der Waals surface area contributed by atoms with E-state index in [1.165, 1.54) is 0 Å². The molecule has 0 unspecified atom stereocenters. The van der Waals surface area contributed by atoms with Crippen LogP contribution in [0, 0.1) is 19.8 Å². The Morgan fingerprint density at radius 1 is 1.15 bits per heavy atom. The molecular formula is C21H27N5O. The lowest BCUT2D eigenvalue weighted by atomic mass is 10.0. The van der Waals surface area contributed by atoms with Crippen LogP contribution >= 0.6 is 0 Å². The molecular weight excluding hydrogens is 338 g/mol. The third kappa shape index (κ3) is 4.10. The lowest BCUT2D eigenvalue weighted by molar-refractivity contribution is 0.0949. The fourth-order valence-corrected chi connectivity index (χ4v) is 3.16. The SMILES string of the molecule is Cc1nc2c(cc1C(=O)NC[C@H](Nc1ccccc1)C(C)C)c(C)nn2C. The molecule has 6 nitrogen and oxygen atoms in total. The maximum atomic E-state index is 12.8. The number of fused-ring (bicyclic) bond motifs is 1. The molecule has 27 heavy (non-hydrogen) atoms. The first kappa shape index (κ1) is 18.9. The second-order valence-electron chi connectivity index (χ2n) is 7.27. The molecule has 0 aliphatic heterocycles. The van der Waals surface area contributed by atoms with Crippen LogP contribution in [0.4, 0.5) is 5.69 Å². The maximum Gasteiger partial charge on any atom is 0.253 e.